The van der Waals surface area contributed by atoms with E-state index in [4.69, 9.17) is 4.43 Å². The molecule has 1 atom stereocenters. The molecular formula is C12H25BrOSi. The van der Waals surface area contributed by atoms with E-state index in [0.717, 1.165) is 10.9 Å². The standard InChI is InChI=1S/C12H25BrOSi/c1-6-7-8-9-10-12(11(2)13)14-15(3,4)5/h12H,2,6-10H2,1,3-5H3. The van der Waals surface area contributed by atoms with Gasteiger partial charge < -0.3 is 4.43 Å². The van der Waals surface area contributed by atoms with Crippen molar-refractivity contribution in [3.05, 3.63) is 11.1 Å². The molecule has 1 unspecified atom stereocenters. The zero-order valence-corrected chi connectivity index (χ0v) is 13.2. The average Bonchev–Trinajstić information content (AvgIpc) is 2.08. The van der Waals surface area contributed by atoms with Gasteiger partial charge in [-0.2, -0.15) is 0 Å². The molecule has 0 heterocycles. The summed E-state index contributed by atoms with van der Waals surface area (Å²) in [7, 11) is -1.44. The first-order chi connectivity index (χ1) is 6.87. The molecule has 0 rings (SSSR count). The van der Waals surface area contributed by atoms with Gasteiger partial charge in [-0.3, -0.25) is 0 Å². The van der Waals surface area contributed by atoms with Crippen LogP contribution < -0.4 is 0 Å². The number of rotatable bonds is 8. The van der Waals surface area contributed by atoms with Crippen LogP contribution in [0.25, 0.3) is 0 Å². The van der Waals surface area contributed by atoms with Gasteiger partial charge in [0.2, 0.25) is 0 Å². The Balaban J connectivity index is 3.90. The van der Waals surface area contributed by atoms with E-state index in [1.54, 1.807) is 0 Å². The molecule has 3 heteroatoms. The molecule has 0 aromatic carbocycles. The van der Waals surface area contributed by atoms with Crippen LogP contribution in [0.1, 0.15) is 39.0 Å². The van der Waals surface area contributed by atoms with Crippen molar-refractivity contribution in [2.45, 2.75) is 64.8 Å². The minimum Gasteiger partial charge on any atom is -0.410 e. The van der Waals surface area contributed by atoms with Crippen LogP contribution in [0.2, 0.25) is 19.6 Å². The Morgan fingerprint density at radius 1 is 1.27 bits per heavy atom. The van der Waals surface area contributed by atoms with E-state index < -0.39 is 8.32 Å². The molecule has 15 heavy (non-hydrogen) atoms. The maximum Gasteiger partial charge on any atom is 0.184 e. The van der Waals surface area contributed by atoms with E-state index in [1.807, 2.05) is 0 Å². The first-order valence-electron chi connectivity index (χ1n) is 5.89. The Kier molecular flexibility index (Phi) is 7.84. The summed E-state index contributed by atoms with van der Waals surface area (Å²) in [5.74, 6) is 0. The van der Waals surface area contributed by atoms with Gasteiger partial charge in [-0.05, 0) is 26.1 Å². The third kappa shape index (κ3) is 9.33. The summed E-state index contributed by atoms with van der Waals surface area (Å²) in [6, 6.07) is 0. The summed E-state index contributed by atoms with van der Waals surface area (Å²) in [5, 5.41) is 0. The fraction of sp³-hybridized carbons (Fsp3) is 0.833. The van der Waals surface area contributed by atoms with Crippen LogP contribution in [0, 0.1) is 0 Å². The lowest BCUT2D eigenvalue weighted by atomic mass is 10.1. The molecule has 0 aliphatic carbocycles. The topological polar surface area (TPSA) is 9.23 Å². The van der Waals surface area contributed by atoms with Crippen LogP contribution in [0.3, 0.4) is 0 Å². The number of halogens is 1. The van der Waals surface area contributed by atoms with Crippen molar-refractivity contribution in [2.75, 3.05) is 0 Å². The van der Waals surface area contributed by atoms with Crippen molar-refractivity contribution < 1.29 is 4.43 Å². The van der Waals surface area contributed by atoms with Gasteiger partial charge in [0.05, 0.1) is 6.10 Å². The van der Waals surface area contributed by atoms with Crippen LogP contribution >= 0.6 is 15.9 Å². The van der Waals surface area contributed by atoms with Crippen molar-refractivity contribution in [1.82, 2.24) is 0 Å². The molecule has 0 radical (unpaired) electrons. The smallest absolute Gasteiger partial charge is 0.184 e. The summed E-state index contributed by atoms with van der Waals surface area (Å²) in [6.45, 7) is 12.9. The maximum atomic E-state index is 6.07. The summed E-state index contributed by atoms with van der Waals surface area (Å²) in [4.78, 5) is 0. The second-order valence-electron chi connectivity index (χ2n) is 5.02. The average molecular weight is 293 g/mol. The second-order valence-corrected chi connectivity index (χ2v) is 10.5. The second kappa shape index (κ2) is 7.63. The first-order valence-corrected chi connectivity index (χ1v) is 10.1. The van der Waals surface area contributed by atoms with Crippen LogP contribution in [0.5, 0.6) is 0 Å². The highest BCUT2D eigenvalue weighted by Crippen LogP contribution is 2.22. The zero-order valence-electron chi connectivity index (χ0n) is 10.6. The molecule has 0 saturated carbocycles. The molecule has 1 nitrogen and oxygen atoms in total. The quantitative estimate of drug-likeness (QED) is 0.447. The third-order valence-corrected chi connectivity index (χ3v) is 3.67. The molecule has 0 spiro atoms. The fourth-order valence-electron chi connectivity index (χ4n) is 1.46. The van der Waals surface area contributed by atoms with Crippen LogP contribution in [0.15, 0.2) is 11.1 Å². The van der Waals surface area contributed by atoms with E-state index in [2.05, 4.69) is 49.1 Å². The normalized spacial score (nSPS) is 13.9. The Hall–Kier alpha value is 0.397. The molecule has 0 saturated heterocycles. The van der Waals surface area contributed by atoms with Gasteiger partial charge >= 0.3 is 0 Å². The molecule has 0 aliphatic heterocycles. The van der Waals surface area contributed by atoms with Gasteiger partial charge in [-0.15, -0.1) is 0 Å². The molecule has 0 amide bonds. The summed E-state index contributed by atoms with van der Waals surface area (Å²) < 4.78 is 7.07. The van der Waals surface area contributed by atoms with Gasteiger partial charge in [0.15, 0.2) is 8.32 Å². The first kappa shape index (κ1) is 15.4. The van der Waals surface area contributed by atoms with Crippen molar-refractivity contribution in [3.8, 4) is 0 Å². The summed E-state index contributed by atoms with van der Waals surface area (Å²) in [6.07, 6.45) is 6.49. The lowest BCUT2D eigenvalue weighted by Gasteiger charge is -2.26. The predicted molar refractivity (Wildman–Crippen MR) is 75.0 cm³/mol. The van der Waals surface area contributed by atoms with E-state index in [1.165, 1.54) is 25.7 Å². The van der Waals surface area contributed by atoms with Crippen molar-refractivity contribution in [1.29, 1.82) is 0 Å². The molecule has 0 bridgehead atoms. The van der Waals surface area contributed by atoms with Gasteiger partial charge in [0.1, 0.15) is 0 Å². The molecule has 90 valence electrons. The number of hydrogen-bond acceptors (Lipinski definition) is 1. The zero-order chi connectivity index (χ0) is 11.9. The lowest BCUT2D eigenvalue weighted by molar-refractivity contribution is 0.224. The third-order valence-electron chi connectivity index (χ3n) is 2.17. The van der Waals surface area contributed by atoms with E-state index in [9.17, 15) is 0 Å². The minimum atomic E-state index is -1.44. The molecular weight excluding hydrogens is 268 g/mol. The Bertz CT molecular complexity index is 187. The molecule has 0 N–H and O–H groups in total. The Morgan fingerprint density at radius 3 is 2.27 bits per heavy atom. The van der Waals surface area contributed by atoms with Crippen LogP contribution in [-0.4, -0.2) is 14.4 Å². The van der Waals surface area contributed by atoms with Crippen molar-refractivity contribution >= 4 is 24.2 Å². The monoisotopic (exact) mass is 292 g/mol. The highest BCUT2D eigenvalue weighted by atomic mass is 79.9. The number of unbranched alkanes of at least 4 members (excludes halogenated alkanes) is 3. The van der Waals surface area contributed by atoms with Crippen LogP contribution in [0.4, 0.5) is 0 Å². The van der Waals surface area contributed by atoms with E-state index >= 15 is 0 Å². The SMILES string of the molecule is C=C(Br)C(CCCCCC)O[Si](C)(C)C. The molecule has 0 fully saturated rings. The van der Waals surface area contributed by atoms with Gasteiger partial charge in [0, 0.05) is 4.48 Å². The fourth-order valence-corrected chi connectivity index (χ4v) is 3.07. The largest absolute Gasteiger partial charge is 0.410 e. The molecule has 0 aromatic heterocycles. The summed E-state index contributed by atoms with van der Waals surface area (Å²) in [5.41, 5.74) is 0. The lowest BCUT2D eigenvalue weighted by Crippen LogP contribution is -2.32. The van der Waals surface area contributed by atoms with Gasteiger partial charge in [-0.25, -0.2) is 0 Å². The molecule has 0 aromatic rings. The van der Waals surface area contributed by atoms with E-state index in [-0.39, 0.29) is 6.10 Å². The Labute approximate surface area is 105 Å². The highest BCUT2D eigenvalue weighted by Gasteiger charge is 2.21. The predicted octanol–water partition coefficient (Wildman–Crippen LogP) is 5.09. The van der Waals surface area contributed by atoms with Gasteiger partial charge in [0.25, 0.3) is 0 Å². The highest BCUT2D eigenvalue weighted by molar-refractivity contribution is 9.11. The maximum absolute atomic E-state index is 6.07. The molecule has 0 aliphatic rings. The summed E-state index contributed by atoms with van der Waals surface area (Å²) >= 11 is 3.47. The van der Waals surface area contributed by atoms with Crippen molar-refractivity contribution in [2.24, 2.45) is 0 Å². The Morgan fingerprint density at radius 2 is 1.87 bits per heavy atom. The van der Waals surface area contributed by atoms with E-state index in [0.29, 0.717) is 0 Å². The number of hydrogen-bond donors (Lipinski definition) is 0. The van der Waals surface area contributed by atoms with Crippen molar-refractivity contribution in [3.63, 3.8) is 0 Å². The van der Waals surface area contributed by atoms with Gasteiger partial charge in [-0.1, -0.05) is 55.1 Å². The minimum absolute atomic E-state index is 0.216. The van der Waals surface area contributed by atoms with Crippen LogP contribution in [-0.2, 0) is 4.43 Å².